The first kappa shape index (κ1) is 11.4. The zero-order chi connectivity index (χ0) is 11.7. The van der Waals surface area contributed by atoms with Gasteiger partial charge in [0.05, 0.1) is 13.2 Å². The highest BCUT2D eigenvalue weighted by Gasteiger charge is 2.31. The van der Waals surface area contributed by atoms with Crippen LogP contribution in [-0.4, -0.2) is 13.2 Å². The minimum atomic E-state index is 0.109. The summed E-state index contributed by atoms with van der Waals surface area (Å²) in [4.78, 5) is 5.02. The van der Waals surface area contributed by atoms with Gasteiger partial charge >= 0.3 is 0 Å². The van der Waals surface area contributed by atoms with Crippen LogP contribution in [-0.2, 0) is 4.84 Å². The maximum Gasteiger partial charge on any atom is 0.124 e. The molecule has 0 fully saturated rings. The van der Waals surface area contributed by atoms with Crippen molar-refractivity contribution in [2.45, 2.75) is 38.8 Å². The van der Waals surface area contributed by atoms with E-state index >= 15 is 0 Å². The van der Waals surface area contributed by atoms with Gasteiger partial charge < -0.3 is 9.57 Å². The molecule has 1 N–H and O–H groups in total. The quantitative estimate of drug-likeness (QED) is 0.796. The lowest BCUT2D eigenvalue weighted by molar-refractivity contribution is 0.0339. The minimum absolute atomic E-state index is 0.109. The summed E-state index contributed by atoms with van der Waals surface area (Å²) in [7, 11) is 1.64. The maximum absolute atomic E-state index is 5.76. The molecule has 1 aliphatic heterocycles. The van der Waals surface area contributed by atoms with E-state index in [1.165, 1.54) is 11.1 Å². The summed E-state index contributed by atoms with van der Waals surface area (Å²) in [5.41, 5.74) is 5.52. The normalized spacial score (nSPS) is 23.3. The molecule has 2 rings (SSSR count). The Bertz CT molecular complexity index is 376. The molecule has 2 atom stereocenters. The molecule has 2 unspecified atom stereocenters. The predicted molar refractivity (Wildman–Crippen MR) is 63.5 cm³/mol. The van der Waals surface area contributed by atoms with E-state index < -0.39 is 0 Å². The summed E-state index contributed by atoms with van der Waals surface area (Å²) in [6.45, 7) is 6.44. The van der Waals surface area contributed by atoms with Gasteiger partial charge in [0.15, 0.2) is 0 Å². The molecule has 0 spiro atoms. The molecule has 0 aromatic heterocycles. The summed E-state index contributed by atoms with van der Waals surface area (Å²) >= 11 is 0. The van der Waals surface area contributed by atoms with Crippen molar-refractivity contribution in [2.24, 2.45) is 0 Å². The van der Waals surface area contributed by atoms with Crippen molar-refractivity contribution in [3.05, 3.63) is 29.3 Å². The molecule has 0 aliphatic carbocycles. The van der Waals surface area contributed by atoms with Crippen molar-refractivity contribution in [3.8, 4) is 5.75 Å². The van der Waals surface area contributed by atoms with Gasteiger partial charge in [0, 0.05) is 5.56 Å². The highest BCUT2D eigenvalue weighted by atomic mass is 16.6. The third-order valence-corrected chi connectivity index (χ3v) is 3.06. The van der Waals surface area contributed by atoms with Crippen LogP contribution in [0, 0.1) is 0 Å². The van der Waals surface area contributed by atoms with Gasteiger partial charge in [-0.2, -0.15) is 5.48 Å². The van der Waals surface area contributed by atoms with Crippen molar-refractivity contribution in [3.63, 3.8) is 0 Å². The van der Waals surface area contributed by atoms with Crippen LogP contribution in [0.4, 0.5) is 0 Å². The third kappa shape index (κ3) is 1.93. The fraction of sp³-hybridized carbons (Fsp3) is 0.538. The Hall–Kier alpha value is -1.06. The summed E-state index contributed by atoms with van der Waals surface area (Å²) < 4.78 is 5.76. The summed E-state index contributed by atoms with van der Waals surface area (Å²) in [6, 6.07) is 6.52. The van der Waals surface area contributed by atoms with E-state index in [0.29, 0.717) is 5.92 Å². The lowest BCUT2D eigenvalue weighted by atomic mass is 9.97. The Balaban J connectivity index is 2.34. The molecule has 1 heterocycles. The van der Waals surface area contributed by atoms with Crippen molar-refractivity contribution < 1.29 is 9.57 Å². The molecule has 1 aliphatic rings. The van der Waals surface area contributed by atoms with Crippen LogP contribution in [0.15, 0.2) is 18.2 Å². The van der Waals surface area contributed by atoms with Gasteiger partial charge in [0.25, 0.3) is 0 Å². The van der Waals surface area contributed by atoms with Gasteiger partial charge in [-0.1, -0.05) is 26.0 Å². The molecule has 0 saturated heterocycles. The van der Waals surface area contributed by atoms with E-state index in [-0.39, 0.29) is 12.1 Å². The van der Waals surface area contributed by atoms with Gasteiger partial charge in [-0.15, -0.1) is 0 Å². The van der Waals surface area contributed by atoms with Gasteiger partial charge in [-0.05, 0) is 24.5 Å². The number of rotatable bonds is 3. The number of hydrogen-bond acceptors (Lipinski definition) is 3. The topological polar surface area (TPSA) is 30.5 Å². The predicted octanol–water partition coefficient (Wildman–Crippen LogP) is 2.78. The summed E-state index contributed by atoms with van der Waals surface area (Å²) in [6.07, 6.45) is 0.109. The van der Waals surface area contributed by atoms with Gasteiger partial charge in [0.2, 0.25) is 0 Å². The van der Waals surface area contributed by atoms with Crippen molar-refractivity contribution in [2.75, 3.05) is 7.11 Å². The van der Waals surface area contributed by atoms with E-state index in [1.807, 2.05) is 6.92 Å². The smallest absolute Gasteiger partial charge is 0.124 e. The Morgan fingerprint density at radius 3 is 2.75 bits per heavy atom. The van der Waals surface area contributed by atoms with Crippen LogP contribution < -0.4 is 10.2 Å². The van der Waals surface area contributed by atoms with Crippen LogP contribution in [0.5, 0.6) is 5.75 Å². The van der Waals surface area contributed by atoms with Gasteiger partial charge in [-0.25, -0.2) is 0 Å². The van der Waals surface area contributed by atoms with Crippen molar-refractivity contribution in [1.82, 2.24) is 5.48 Å². The lowest BCUT2D eigenvalue weighted by Crippen LogP contribution is -2.27. The minimum Gasteiger partial charge on any atom is -0.488 e. The van der Waals surface area contributed by atoms with Crippen LogP contribution in [0.3, 0.4) is 0 Å². The highest BCUT2D eigenvalue weighted by Crippen LogP contribution is 2.38. The van der Waals surface area contributed by atoms with Crippen LogP contribution in [0.25, 0.3) is 0 Å². The first-order chi connectivity index (χ1) is 7.63. The lowest BCUT2D eigenvalue weighted by Gasteiger charge is -2.15. The fourth-order valence-corrected chi connectivity index (χ4v) is 2.08. The SMILES string of the molecule is CONC1c2cc(C(C)C)ccc2OC1C. The van der Waals surface area contributed by atoms with Gasteiger partial charge in [0.1, 0.15) is 11.9 Å². The highest BCUT2D eigenvalue weighted by molar-refractivity contribution is 5.43. The van der Waals surface area contributed by atoms with Gasteiger partial charge in [-0.3, -0.25) is 0 Å². The molecular formula is C13H19NO2. The van der Waals surface area contributed by atoms with E-state index in [1.54, 1.807) is 7.11 Å². The molecule has 1 aromatic rings. The average molecular weight is 221 g/mol. The number of ether oxygens (including phenoxy) is 1. The Morgan fingerprint density at radius 2 is 2.12 bits per heavy atom. The standard InChI is InChI=1S/C13H19NO2/c1-8(2)10-5-6-12-11(7-10)13(14-15-4)9(3)16-12/h5-9,13-14H,1-4H3. The number of fused-ring (bicyclic) bond motifs is 1. The molecule has 0 saturated carbocycles. The molecule has 16 heavy (non-hydrogen) atoms. The summed E-state index contributed by atoms with van der Waals surface area (Å²) in [5.74, 6) is 1.50. The van der Waals surface area contributed by atoms with E-state index in [9.17, 15) is 0 Å². The van der Waals surface area contributed by atoms with E-state index in [2.05, 4.69) is 37.5 Å². The number of benzene rings is 1. The second kappa shape index (κ2) is 4.44. The third-order valence-electron chi connectivity index (χ3n) is 3.06. The molecule has 0 amide bonds. The number of hydroxylamine groups is 1. The average Bonchev–Trinajstić information content (AvgIpc) is 2.55. The van der Waals surface area contributed by atoms with E-state index in [4.69, 9.17) is 9.57 Å². The maximum atomic E-state index is 5.76. The molecule has 88 valence electrons. The molecule has 0 bridgehead atoms. The number of nitrogens with one attached hydrogen (secondary N) is 1. The Labute approximate surface area is 96.7 Å². The zero-order valence-corrected chi connectivity index (χ0v) is 10.3. The van der Waals surface area contributed by atoms with Crippen LogP contribution >= 0.6 is 0 Å². The van der Waals surface area contributed by atoms with Crippen molar-refractivity contribution in [1.29, 1.82) is 0 Å². The Kier molecular flexibility index (Phi) is 3.17. The molecular weight excluding hydrogens is 202 g/mol. The van der Waals surface area contributed by atoms with E-state index in [0.717, 1.165) is 5.75 Å². The first-order valence-corrected chi connectivity index (χ1v) is 5.72. The molecule has 3 heteroatoms. The zero-order valence-electron chi connectivity index (χ0n) is 10.3. The number of hydrogen-bond donors (Lipinski definition) is 1. The monoisotopic (exact) mass is 221 g/mol. The summed E-state index contributed by atoms with van der Waals surface area (Å²) in [5, 5.41) is 0. The Morgan fingerprint density at radius 1 is 1.38 bits per heavy atom. The largest absolute Gasteiger partial charge is 0.488 e. The van der Waals surface area contributed by atoms with Crippen molar-refractivity contribution >= 4 is 0 Å². The van der Waals surface area contributed by atoms with Crippen LogP contribution in [0.1, 0.15) is 43.9 Å². The second-order valence-corrected chi connectivity index (χ2v) is 4.57. The molecule has 0 radical (unpaired) electrons. The second-order valence-electron chi connectivity index (χ2n) is 4.57. The molecule has 3 nitrogen and oxygen atoms in total. The molecule has 1 aromatic carbocycles. The fourth-order valence-electron chi connectivity index (χ4n) is 2.08. The van der Waals surface area contributed by atoms with Crippen LogP contribution in [0.2, 0.25) is 0 Å². The first-order valence-electron chi connectivity index (χ1n) is 5.72.